The van der Waals surface area contributed by atoms with Crippen molar-refractivity contribution in [3.8, 4) is 0 Å². The number of hydrogen-bond acceptors (Lipinski definition) is 5. The Morgan fingerprint density at radius 1 is 1.26 bits per heavy atom. The molecule has 118 valence electrons. The summed E-state index contributed by atoms with van der Waals surface area (Å²) in [7, 11) is 1.59. The molecule has 1 N–H and O–H groups in total. The van der Waals surface area contributed by atoms with Gasteiger partial charge in [-0.1, -0.05) is 29.8 Å². The van der Waals surface area contributed by atoms with Crippen molar-refractivity contribution in [2.24, 2.45) is 0 Å². The highest BCUT2D eigenvalue weighted by Gasteiger charge is 2.16. The predicted octanol–water partition coefficient (Wildman–Crippen LogP) is 3.46. The average Bonchev–Trinajstić information content (AvgIpc) is 3.04. The van der Waals surface area contributed by atoms with Gasteiger partial charge in [-0.2, -0.15) is 8.75 Å². The van der Waals surface area contributed by atoms with Crippen molar-refractivity contribution in [2.45, 2.75) is 6.10 Å². The molecule has 1 heterocycles. The molecule has 3 rings (SSSR count). The summed E-state index contributed by atoms with van der Waals surface area (Å²) >= 11 is 7.30. The molecule has 0 aliphatic heterocycles. The zero-order valence-electron chi connectivity index (χ0n) is 12.3. The Labute approximate surface area is 142 Å². The molecule has 5 nitrogen and oxygen atoms in total. The Hall–Kier alpha value is -2.02. The number of carbonyl (C=O) groups is 1. The van der Waals surface area contributed by atoms with Gasteiger partial charge in [0.2, 0.25) is 0 Å². The summed E-state index contributed by atoms with van der Waals surface area (Å²) in [5, 5.41) is 3.48. The van der Waals surface area contributed by atoms with Gasteiger partial charge in [0.15, 0.2) is 0 Å². The second-order valence-electron chi connectivity index (χ2n) is 4.92. The maximum atomic E-state index is 12.3. The molecule has 1 amide bonds. The monoisotopic (exact) mass is 347 g/mol. The summed E-state index contributed by atoms with van der Waals surface area (Å²) in [6, 6.07) is 12.7. The molecular weight excluding hydrogens is 334 g/mol. The maximum absolute atomic E-state index is 12.3. The summed E-state index contributed by atoms with van der Waals surface area (Å²) in [4.78, 5) is 12.3. The largest absolute Gasteiger partial charge is 0.375 e. The molecule has 2 aromatic carbocycles. The van der Waals surface area contributed by atoms with Crippen LogP contribution in [-0.4, -0.2) is 28.3 Å². The number of nitrogens with zero attached hydrogens (tertiary/aromatic N) is 2. The molecule has 0 saturated heterocycles. The van der Waals surface area contributed by atoms with Crippen molar-refractivity contribution in [3.05, 3.63) is 58.6 Å². The van der Waals surface area contributed by atoms with Gasteiger partial charge in [-0.15, -0.1) is 0 Å². The van der Waals surface area contributed by atoms with Gasteiger partial charge in [0.25, 0.3) is 5.91 Å². The second kappa shape index (κ2) is 7.04. The van der Waals surface area contributed by atoms with E-state index in [2.05, 4.69) is 14.1 Å². The lowest BCUT2D eigenvalue weighted by Gasteiger charge is -2.17. The van der Waals surface area contributed by atoms with Crippen LogP contribution in [0.15, 0.2) is 42.5 Å². The standard InChI is InChI=1S/C16H14ClN3O2S/c1-22-15(11-4-2-3-5-12(11)17)9-18-16(21)10-6-7-13-14(8-10)20-23-19-13/h2-8,15H,9H2,1H3,(H,18,21)/t15-/m0/s1. The first-order valence-electron chi connectivity index (χ1n) is 6.97. The zero-order chi connectivity index (χ0) is 16.2. The smallest absolute Gasteiger partial charge is 0.251 e. The molecule has 0 aliphatic rings. The summed E-state index contributed by atoms with van der Waals surface area (Å²) in [6.07, 6.45) is -0.308. The number of rotatable bonds is 5. The van der Waals surface area contributed by atoms with Crippen molar-refractivity contribution in [1.29, 1.82) is 0 Å². The van der Waals surface area contributed by atoms with E-state index in [9.17, 15) is 4.79 Å². The van der Waals surface area contributed by atoms with Crippen LogP contribution in [0.5, 0.6) is 0 Å². The quantitative estimate of drug-likeness (QED) is 0.767. The number of ether oxygens (including phenoxy) is 1. The molecule has 0 aliphatic carbocycles. The summed E-state index contributed by atoms with van der Waals surface area (Å²) in [5.74, 6) is -0.186. The van der Waals surface area contributed by atoms with E-state index >= 15 is 0 Å². The van der Waals surface area contributed by atoms with Crippen LogP contribution in [0.25, 0.3) is 11.0 Å². The van der Waals surface area contributed by atoms with E-state index in [1.165, 1.54) is 0 Å². The van der Waals surface area contributed by atoms with E-state index in [-0.39, 0.29) is 12.0 Å². The normalized spacial score (nSPS) is 12.3. The summed E-state index contributed by atoms with van der Waals surface area (Å²) in [6.45, 7) is 0.326. The van der Waals surface area contributed by atoms with Crippen molar-refractivity contribution in [1.82, 2.24) is 14.1 Å². The molecule has 0 spiro atoms. The van der Waals surface area contributed by atoms with Crippen LogP contribution in [0.2, 0.25) is 5.02 Å². The lowest BCUT2D eigenvalue weighted by molar-refractivity contribution is 0.0828. The van der Waals surface area contributed by atoms with E-state index in [1.807, 2.05) is 18.2 Å². The Morgan fingerprint density at radius 3 is 2.83 bits per heavy atom. The fourth-order valence-corrected chi connectivity index (χ4v) is 3.04. The third-order valence-corrected chi connectivity index (χ3v) is 4.40. The molecule has 0 bridgehead atoms. The third kappa shape index (κ3) is 3.50. The highest BCUT2D eigenvalue weighted by atomic mass is 35.5. The van der Waals surface area contributed by atoms with E-state index in [0.29, 0.717) is 17.1 Å². The molecule has 1 atom stereocenters. The molecule has 23 heavy (non-hydrogen) atoms. The molecule has 1 aromatic heterocycles. The molecular formula is C16H14ClN3O2S. The zero-order valence-corrected chi connectivity index (χ0v) is 13.9. The molecule has 7 heteroatoms. The summed E-state index contributed by atoms with van der Waals surface area (Å²) in [5.41, 5.74) is 2.89. The second-order valence-corrected chi connectivity index (χ2v) is 5.86. The lowest BCUT2D eigenvalue weighted by atomic mass is 10.1. The van der Waals surface area contributed by atoms with Gasteiger partial charge in [-0.05, 0) is 24.3 Å². The number of amides is 1. The summed E-state index contributed by atoms with van der Waals surface area (Å²) < 4.78 is 13.7. The number of carbonyl (C=O) groups excluding carboxylic acids is 1. The van der Waals surface area contributed by atoms with Gasteiger partial charge in [-0.25, -0.2) is 0 Å². The molecule has 3 aromatic rings. The number of benzene rings is 2. The first kappa shape index (κ1) is 15.9. The Bertz CT molecular complexity index is 837. The van der Waals surface area contributed by atoms with Crippen LogP contribution in [0.1, 0.15) is 22.0 Å². The van der Waals surface area contributed by atoms with Gasteiger partial charge in [0.05, 0.1) is 11.7 Å². The fraction of sp³-hybridized carbons (Fsp3) is 0.188. The fourth-order valence-electron chi connectivity index (χ4n) is 2.27. The SMILES string of the molecule is CO[C@@H](CNC(=O)c1ccc2nsnc2c1)c1ccccc1Cl. The van der Waals surface area contributed by atoms with Gasteiger partial charge < -0.3 is 10.1 Å². The lowest BCUT2D eigenvalue weighted by Crippen LogP contribution is -2.29. The van der Waals surface area contributed by atoms with Crippen molar-refractivity contribution in [2.75, 3.05) is 13.7 Å². The van der Waals surface area contributed by atoms with Crippen molar-refractivity contribution >= 4 is 40.3 Å². The maximum Gasteiger partial charge on any atom is 0.251 e. The third-order valence-electron chi connectivity index (χ3n) is 3.50. The van der Waals surface area contributed by atoms with Crippen LogP contribution < -0.4 is 5.32 Å². The number of methoxy groups -OCH3 is 1. The highest BCUT2D eigenvalue weighted by molar-refractivity contribution is 7.00. The van der Waals surface area contributed by atoms with Gasteiger partial charge >= 0.3 is 0 Å². The number of nitrogens with one attached hydrogen (secondary N) is 1. The van der Waals surface area contributed by atoms with E-state index in [0.717, 1.165) is 28.3 Å². The minimum atomic E-state index is -0.308. The molecule has 0 unspecified atom stereocenters. The predicted molar refractivity (Wildman–Crippen MR) is 91.0 cm³/mol. The van der Waals surface area contributed by atoms with Crippen molar-refractivity contribution < 1.29 is 9.53 Å². The minimum Gasteiger partial charge on any atom is -0.375 e. The number of fused-ring (bicyclic) bond motifs is 1. The van der Waals surface area contributed by atoms with Crippen LogP contribution in [0, 0.1) is 0 Å². The van der Waals surface area contributed by atoms with Crippen LogP contribution in [-0.2, 0) is 4.74 Å². The van der Waals surface area contributed by atoms with Gasteiger partial charge in [-0.3, -0.25) is 4.79 Å². The van der Waals surface area contributed by atoms with Crippen LogP contribution in [0.3, 0.4) is 0 Å². The van der Waals surface area contributed by atoms with Crippen molar-refractivity contribution in [3.63, 3.8) is 0 Å². The Balaban J connectivity index is 1.71. The number of aromatic nitrogens is 2. The molecule has 0 saturated carbocycles. The van der Waals surface area contributed by atoms with Crippen LogP contribution >= 0.6 is 23.3 Å². The van der Waals surface area contributed by atoms with E-state index < -0.39 is 0 Å². The first-order valence-corrected chi connectivity index (χ1v) is 8.07. The number of halogens is 1. The first-order chi connectivity index (χ1) is 11.2. The highest BCUT2D eigenvalue weighted by Crippen LogP contribution is 2.24. The van der Waals surface area contributed by atoms with Gasteiger partial charge in [0.1, 0.15) is 17.1 Å². The average molecular weight is 348 g/mol. The van der Waals surface area contributed by atoms with Crippen LogP contribution in [0.4, 0.5) is 0 Å². The van der Waals surface area contributed by atoms with E-state index in [1.54, 1.807) is 31.4 Å². The van der Waals surface area contributed by atoms with E-state index in [4.69, 9.17) is 16.3 Å². The number of hydrogen-bond donors (Lipinski definition) is 1. The topological polar surface area (TPSA) is 64.1 Å². The Kier molecular flexibility index (Phi) is 4.85. The minimum absolute atomic E-state index is 0.186. The van der Waals surface area contributed by atoms with Gasteiger partial charge in [0, 0.05) is 29.8 Å². The Morgan fingerprint density at radius 2 is 2.04 bits per heavy atom. The molecule has 0 fully saturated rings. The molecule has 0 radical (unpaired) electrons.